The Hall–Kier alpha value is -1.68. The Labute approximate surface area is 100 Å². The summed E-state index contributed by atoms with van der Waals surface area (Å²) in [6, 6.07) is 7.12. The van der Waals surface area contributed by atoms with Crippen molar-refractivity contribution in [2.75, 3.05) is 7.05 Å². The predicted molar refractivity (Wildman–Crippen MR) is 64.1 cm³/mol. The Kier molecular flexibility index (Phi) is 3.24. The molecule has 1 fully saturated rings. The van der Waals surface area contributed by atoms with Crippen LogP contribution in [0.15, 0.2) is 24.3 Å². The number of nitrogens with two attached hydrogens (primary N) is 1. The molecule has 4 nitrogen and oxygen atoms in total. The molecule has 1 aliphatic rings. The molecule has 1 unspecified atom stereocenters. The molecule has 0 bridgehead atoms. The van der Waals surface area contributed by atoms with Crippen LogP contribution in [0.5, 0.6) is 0 Å². The van der Waals surface area contributed by atoms with Crippen LogP contribution in [0.3, 0.4) is 0 Å². The maximum atomic E-state index is 11.9. The summed E-state index contributed by atoms with van der Waals surface area (Å²) in [6.07, 6.45) is 0.656. The normalized spacial score (nSPS) is 20.8. The Morgan fingerprint density at radius 3 is 2.82 bits per heavy atom. The number of carbonyl (C=O) groups excluding carboxylic acids is 2. The number of carbonyl (C=O) groups is 2. The van der Waals surface area contributed by atoms with Crippen LogP contribution in [0.4, 0.5) is 0 Å². The number of hydrogen-bond acceptors (Lipinski definition) is 3. The van der Waals surface area contributed by atoms with E-state index in [1.807, 2.05) is 24.3 Å². The van der Waals surface area contributed by atoms with E-state index in [9.17, 15) is 9.59 Å². The number of rotatable bonds is 2. The van der Waals surface area contributed by atoms with E-state index >= 15 is 0 Å². The quantitative estimate of drug-likeness (QED) is 0.827. The number of likely N-dealkylation sites (N-methyl/N-ethyl adjacent to an activating group) is 1. The lowest BCUT2D eigenvalue weighted by Crippen LogP contribution is -2.40. The Morgan fingerprint density at radius 1 is 1.35 bits per heavy atom. The summed E-state index contributed by atoms with van der Waals surface area (Å²) in [6.45, 7) is 0.437. The number of benzene rings is 1. The van der Waals surface area contributed by atoms with Crippen molar-refractivity contribution in [2.45, 2.75) is 25.4 Å². The number of hydrogen-bond donors (Lipinski definition) is 1. The number of amides is 1. The third kappa shape index (κ3) is 2.22. The van der Waals surface area contributed by atoms with Crippen molar-refractivity contribution in [3.63, 3.8) is 0 Å². The van der Waals surface area contributed by atoms with Crippen LogP contribution in [-0.4, -0.2) is 23.6 Å². The lowest BCUT2D eigenvalue weighted by atomic mass is 9.93. The van der Waals surface area contributed by atoms with Gasteiger partial charge in [0.05, 0.1) is 0 Å². The minimum absolute atomic E-state index is 0.0211. The second kappa shape index (κ2) is 4.67. The lowest BCUT2D eigenvalue weighted by Gasteiger charge is -2.31. The number of ketones is 1. The summed E-state index contributed by atoms with van der Waals surface area (Å²) < 4.78 is 0. The van der Waals surface area contributed by atoms with Crippen molar-refractivity contribution < 1.29 is 9.59 Å². The molecule has 1 amide bonds. The highest BCUT2D eigenvalue weighted by atomic mass is 16.2. The van der Waals surface area contributed by atoms with Gasteiger partial charge in [0.25, 0.3) is 0 Å². The SMILES string of the molecule is CN1C(=O)CCC(=O)C1c1cccc(CN)c1. The van der Waals surface area contributed by atoms with E-state index in [1.54, 1.807) is 7.05 Å². The fourth-order valence-electron chi connectivity index (χ4n) is 2.20. The van der Waals surface area contributed by atoms with Crippen LogP contribution in [0, 0.1) is 0 Å². The zero-order valence-electron chi connectivity index (χ0n) is 9.85. The van der Waals surface area contributed by atoms with Gasteiger partial charge in [0, 0.05) is 26.4 Å². The number of Topliss-reactive ketones (excluding diaryl/α,β-unsaturated/α-hetero) is 1. The zero-order valence-corrected chi connectivity index (χ0v) is 9.85. The maximum absolute atomic E-state index is 11.9. The highest BCUT2D eigenvalue weighted by Crippen LogP contribution is 2.27. The minimum atomic E-state index is -0.442. The van der Waals surface area contributed by atoms with Crippen molar-refractivity contribution >= 4 is 11.7 Å². The maximum Gasteiger partial charge on any atom is 0.223 e. The van der Waals surface area contributed by atoms with Crippen LogP contribution in [-0.2, 0) is 16.1 Å². The summed E-state index contributed by atoms with van der Waals surface area (Å²) >= 11 is 0. The first-order valence-electron chi connectivity index (χ1n) is 5.70. The van der Waals surface area contributed by atoms with Gasteiger partial charge in [0.15, 0.2) is 5.78 Å². The number of nitrogens with zero attached hydrogens (tertiary/aromatic N) is 1. The Bertz CT molecular complexity index is 456. The monoisotopic (exact) mass is 232 g/mol. The molecular formula is C13H16N2O2. The van der Waals surface area contributed by atoms with Crippen molar-refractivity contribution in [3.05, 3.63) is 35.4 Å². The minimum Gasteiger partial charge on any atom is -0.332 e. The van der Waals surface area contributed by atoms with Crippen LogP contribution >= 0.6 is 0 Å². The highest BCUT2D eigenvalue weighted by molar-refractivity contribution is 5.95. The van der Waals surface area contributed by atoms with Gasteiger partial charge in [-0.05, 0) is 11.1 Å². The Balaban J connectivity index is 2.35. The predicted octanol–water partition coefficient (Wildman–Crippen LogP) is 1.01. The largest absolute Gasteiger partial charge is 0.332 e. The molecule has 1 heterocycles. The van der Waals surface area contributed by atoms with E-state index < -0.39 is 6.04 Å². The van der Waals surface area contributed by atoms with Gasteiger partial charge in [0.2, 0.25) is 5.91 Å². The first kappa shape index (κ1) is 11.8. The molecule has 2 N–H and O–H groups in total. The molecule has 90 valence electrons. The molecule has 1 aromatic rings. The van der Waals surface area contributed by atoms with E-state index in [-0.39, 0.29) is 11.7 Å². The van der Waals surface area contributed by atoms with Gasteiger partial charge in [-0.25, -0.2) is 0 Å². The molecule has 4 heteroatoms. The van der Waals surface area contributed by atoms with Crippen LogP contribution in [0.1, 0.15) is 30.0 Å². The van der Waals surface area contributed by atoms with Crippen LogP contribution in [0.25, 0.3) is 0 Å². The van der Waals surface area contributed by atoms with Gasteiger partial charge >= 0.3 is 0 Å². The molecule has 2 rings (SSSR count). The molecule has 0 aromatic heterocycles. The molecule has 17 heavy (non-hydrogen) atoms. The summed E-state index contributed by atoms with van der Waals surface area (Å²) in [7, 11) is 1.68. The van der Waals surface area contributed by atoms with Gasteiger partial charge < -0.3 is 10.6 Å². The zero-order chi connectivity index (χ0) is 12.4. The van der Waals surface area contributed by atoms with Crippen LogP contribution < -0.4 is 5.73 Å². The summed E-state index contributed by atoms with van der Waals surface area (Å²) in [5.41, 5.74) is 7.41. The smallest absolute Gasteiger partial charge is 0.223 e. The first-order valence-corrected chi connectivity index (χ1v) is 5.70. The highest BCUT2D eigenvalue weighted by Gasteiger charge is 2.32. The van der Waals surface area contributed by atoms with E-state index in [0.717, 1.165) is 11.1 Å². The van der Waals surface area contributed by atoms with E-state index in [2.05, 4.69) is 0 Å². The molecule has 0 saturated carbocycles. The van der Waals surface area contributed by atoms with Crippen molar-refractivity contribution in [2.24, 2.45) is 5.73 Å². The molecule has 1 aromatic carbocycles. The topological polar surface area (TPSA) is 63.4 Å². The molecule has 1 saturated heterocycles. The van der Waals surface area contributed by atoms with E-state index in [1.165, 1.54) is 4.90 Å². The lowest BCUT2D eigenvalue weighted by molar-refractivity contribution is -0.143. The van der Waals surface area contributed by atoms with Gasteiger partial charge in [-0.15, -0.1) is 0 Å². The van der Waals surface area contributed by atoms with Gasteiger partial charge in [-0.3, -0.25) is 9.59 Å². The fourth-order valence-corrected chi connectivity index (χ4v) is 2.20. The summed E-state index contributed by atoms with van der Waals surface area (Å²) in [5, 5.41) is 0. The number of piperidine rings is 1. The summed E-state index contributed by atoms with van der Waals surface area (Å²) in [4.78, 5) is 25.1. The third-order valence-electron chi connectivity index (χ3n) is 3.17. The van der Waals surface area contributed by atoms with Gasteiger partial charge in [-0.2, -0.15) is 0 Å². The third-order valence-corrected chi connectivity index (χ3v) is 3.17. The van der Waals surface area contributed by atoms with Crippen molar-refractivity contribution in [1.82, 2.24) is 4.90 Å². The first-order chi connectivity index (χ1) is 8.13. The average Bonchev–Trinajstić information content (AvgIpc) is 2.35. The van der Waals surface area contributed by atoms with E-state index in [0.29, 0.717) is 19.4 Å². The van der Waals surface area contributed by atoms with Crippen molar-refractivity contribution in [3.8, 4) is 0 Å². The van der Waals surface area contributed by atoms with Gasteiger partial charge in [0.1, 0.15) is 6.04 Å². The molecule has 1 aliphatic heterocycles. The molecular weight excluding hydrogens is 216 g/mol. The second-order valence-electron chi connectivity index (χ2n) is 4.32. The average molecular weight is 232 g/mol. The Morgan fingerprint density at radius 2 is 2.12 bits per heavy atom. The molecule has 0 aliphatic carbocycles. The second-order valence-corrected chi connectivity index (χ2v) is 4.32. The van der Waals surface area contributed by atoms with E-state index in [4.69, 9.17) is 5.73 Å². The van der Waals surface area contributed by atoms with Gasteiger partial charge in [-0.1, -0.05) is 24.3 Å². The fraction of sp³-hybridized carbons (Fsp3) is 0.385. The van der Waals surface area contributed by atoms with Crippen LogP contribution in [0.2, 0.25) is 0 Å². The molecule has 0 radical (unpaired) electrons. The molecule has 1 atom stereocenters. The summed E-state index contributed by atoms with van der Waals surface area (Å²) in [5.74, 6) is 0.119. The standard InChI is InChI=1S/C13H16N2O2/c1-15-12(17)6-5-11(16)13(15)10-4-2-3-9(7-10)8-14/h2-4,7,13H,5-6,8,14H2,1H3. The van der Waals surface area contributed by atoms with Crippen molar-refractivity contribution in [1.29, 1.82) is 0 Å². The number of likely N-dealkylation sites (tertiary alicyclic amines) is 1. The molecule has 0 spiro atoms.